The molecule has 2 unspecified atom stereocenters. The van der Waals surface area contributed by atoms with Gasteiger partial charge in [0, 0.05) is 25.2 Å². The van der Waals surface area contributed by atoms with Crippen LogP contribution in [-0.2, 0) is 0 Å². The molecule has 1 N–H and O–H groups in total. The van der Waals surface area contributed by atoms with E-state index >= 15 is 0 Å². The maximum Gasteiger partial charge on any atom is 0.184 e. The highest BCUT2D eigenvalue weighted by atomic mass is 16.6. The first-order valence-corrected chi connectivity index (χ1v) is 7.72. The van der Waals surface area contributed by atoms with Crippen LogP contribution in [0.5, 0.6) is 11.5 Å². The third-order valence-corrected chi connectivity index (χ3v) is 4.32. The van der Waals surface area contributed by atoms with Gasteiger partial charge in [-0.25, -0.2) is 0 Å². The van der Waals surface area contributed by atoms with Crippen LogP contribution in [0.1, 0.15) is 26.7 Å². The molecule has 110 valence electrons. The summed E-state index contributed by atoms with van der Waals surface area (Å²) in [4.78, 5) is 2.50. The van der Waals surface area contributed by atoms with Crippen LogP contribution in [0.15, 0.2) is 18.2 Å². The third kappa shape index (κ3) is 2.44. The van der Waals surface area contributed by atoms with Gasteiger partial charge >= 0.3 is 0 Å². The lowest BCUT2D eigenvalue weighted by molar-refractivity contribution is 0.171. The van der Waals surface area contributed by atoms with Gasteiger partial charge in [-0.05, 0) is 25.0 Å². The summed E-state index contributed by atoms with van der Waals surface area (Å²) in [6, 6.07) is 7.30. The third-order valence-electron chi connectivity index (χ3n) is 4.32. The van der Waals surface area contributed by atoms with Gasteiger partial charge in [0.05, 0.1) is 5.69 Å². The van der Waals surface area contributed by atoms with Crippen molar-refractivity contribution in [3.05, 3.63) is 18.2 Å². The molecule has 0 saturated carbocycles. The molecule has 0 radical (unpaired) electrons. The summed E-state index contributed by atoms with van der Waals surface area (Å²) < 4.78 is 11.6. The fourth-order valence-electron chi connectivity index (χ4n) is 3.08. The maximum atomic E-state index is 5.88. The Morgan fingerprint density at radius 2 is 2.05 bits per heavy atom. The van der Waals surface area contributed by atoms with E-state index in [9.17, 15) is 0 Å². The number of nitrogens with one attached hydrogen (secondary N) is 1. The molecule has 2 aliphatic heterocycles. The predicted octanol–water partition coefficient (Wildman–Crippen LogP) is 2.42. The van der Waals surface area contributed by atoms with Crippen molar-refractivity contribution in [1.29, 1.82) is 0 Å². The molecule has 1 saturated heterocycles. The average Bonchev–Trinajstić information content (AvgIpc) is 2.53. The Morgan fingerprint density at radius 1 is 1.20 bits per heavy atom. The molecule has 3 rings (SSSR count). The van der Waals surface area contributed by atoms with Crippen molar-refractivity contribution in [2.45, 2.75) is 38.8 Å². The molecule has 2 aliphatic rings. The fraction of sp³-hybridized carbons (Fsp3) is 0.625. The van der Waals surface area contributed by atoms with E-state index in [2.05, 4.69) is 36.2 Å². The minimum atomic E-state index is 0.523. The minimum absolute atomic E-state index is 0.523. The van der Waals surface area contributed by atoms with Crippen molar-refractivity contribution >= 4 is 5.69 Å². The van der Waals surface area contributed by atoms with E-state index in [1.165, 1.54) is 5.69 Å². The highest BCUT2D eigenvalue weighted by Gasteiger charge is 2.29. The summed E-state index contributed by atoms with van der Waals surface area (Å²) in [7, 11) is 0. The van der Waals surface area contributed by atoms with E-state index in [4.69, 9.17) is 9.47 Å². The quantitative estimate of drug-likeness (QED) is 0.919. The van der Waals surface area contributed by atoms with Crippen LogP contribution in [0, 0.1) is 0 Å². The zero-order chi connectivity index (χ0) is 13.9. The molecular formula is C16H24N2O2. The van der Waals surface area contributed by atoms with Crippen LogP contribution in [0.4, 0.5) is 5.69 Å². The molecule has 0 spiro atoms. The summed E-state index contributed by atoms with van der Waals surface area (Å²) in [5.41, 5.74) is 1.19. The molecule has 1 aromatic carbocycles. The van der Waals surface area contributed by atoms with Gasteiger partial charge in [-0.2, -0.15) is 0 Å². The van der Waals surface area contributed by atoms with Crippen LogP contribution < -0.4 is 19.7 Å². The van der Waals surface area contributed by atoms with Crippen molar-refractivity contribution in [2.24, 2.45) is 0 Å². The van der Waals surface area contributed by atoms with Crippen LogP contribution in [0.25, 0.3) is 0 Å². The fourth-order valence-corrected chi connectivity index (χ4v) is 3.08. The van der Waals surface area contributed by atoms with Crippen molar-refractivity contribution < 1.29 is 9.47 Å². The van der Waals surface area contributed by atoms with Crippen molar-refractivity contribution in [1.82, 2.24) is 5.32 Å². The second kappa shape index (κ2) is 5.92. The molecule has 0 amide bonds. The van der Waals surface area contributed by atoms with Crippen molar-refractivity contribution in [2.75, 3.05) is 31.2 Å². The van der Waals surface area contributed by atoms with E-state index < -0.39 is 0 Å². The smallest absolute Gasteiger partial charge is 0.184 e. The highest BCUT2D eigenvalue weighted by Crippen LogP contribution is 2.41. The molecule has 1 aromatic rings. The Hall–Kier alpha value is -1.42. The molecular weight excluding hydrogens is 252 g/mol. The first kappa shape index (κ1) is 13.6. The number of anilines is 1. The number of hydrogen-bond acceptors (Lipinski definition) is 4. The topological polar surface area (TPSA) is 33.7 Å². The Bertz CT molecular complexity index is 464. The highest BCUT2D eigenvalue weighted by molar-refractivity contribution is 5.66. The van der Waals surface area contributed by atoms with Gasteiger partial charge in [0.25, 0.3) is 0 Å². The number of piperazine rings is 1. The van der Waals surface area contributed by atoms with Crippen LogP contribution in [-0.4, -0.2) is 38.4 Å². The molecule has 0 aromatic heterocycles. The van der Waals surface area contributed by atoms with Crippen molar-refractivity contribution in [3.8, 4) is 11.5 Å². The molecule has 4 heteroatoms. The van der Waals surface area contributed by atoms with Crippen molar-refractivity contribution in [3.63, 3.8) is 0 Å². The van der Waals surface area contributed by atoms with E-state index in [1.54, 1.807) is 0 Å². The Kier molecular flexibility index (Phi) is 4.01. The van der Waals surface area contributed by atoms with Gasteiger partial charge in [-0.3, -0.25) is 0 Å². The first-order valence-electron chi connectivity index (χ1n) is 7.72. The number of nitrogens with zero attached hydrogens (tertiary/aromatic N) is 1. The Labute approximate surface area is 121 Å². The zero-order valence-electron chi connectivity index (χ0n) is 12.4. The van der Waals surface area contributed by atoms with E-state index in [0.717, 1.165) is 37.4 Å². The monoisotopic (exact) mass is 276 g/mol. The number of fused-ring (bicyclic) bond motifs is 1. The summed E-state index contributed by atoms with van der Waals surface area (Å²) in [5.74, 6) is 1.81. The normalized spacial score (nSPS) is 25.6. The van der Waals surface area contributed by atoms with E-state index in [1.807, 2.05) is 6.07 Å². The van der Waals surface area contributed by atoms with E-state index in [-0.39, 0.29) is 0 Å². The largest absolute Gasteiger partial charge is 0.486 e. The number of benzene rings is 1. The molecule has 1 fully saturated rings. The summed E-state index contributed by atoms with van der Waals surface area (Å²) in [5, 5.41) is 3.64. The SMILES string of the molecule is CCC1CN(c2cccc3c2OCCO3)C(CC)CN1. The number of hydrogen-bond donors (Lipinski definition) is 1. The number of ether oxygens (including phenoxy) is 2. The molecule has 0 aliphatic carbocycles. The van der Waals surface area contributed by atoms with Crippen LogP contribution in [0.2, 0.25) is 0 Å². The second-order valence-corrected chi connectivity index (χ2v) is 5.53. The van der Waals surface area contributed by atoms with Crippen LogP contribution >= 0.6 is 0 Å². The van der Waals surface area contributed by atoms with Gasteiger partial charge in [0.2, 0.25) is 0 Å². The second-order valence-electron chi connectivity index (χ2n) is 5.53. The lowest BCUT2D eigenvalue weighted by Crippen LogP contribution is -2.56. The molecule has 0 bridgehead atoms. The summed E-state index contributed by atoms with van der Waals surface area (Å²) in [6.07, 6.45) is 2.28. The molecule has 20 heavy (non-hydrogen) atoms. The van der Waals surface area contributed by atoms with Gasteiger partial charge in [0.15, 0.2) is 11.5 Å². The van der Waals surface area contributed by atoms with Gasteiger partial charge in [-0.1, -0.05) is 19.9 Å². The summed E-state index contributed by atoms with van der Waals surface area (Å²) >= 11 is 0. The number of rotatable bonds is 3. The average molecular weight is 276 g/mol. The van der Waals surface area contributed by atoms with E-state index in [0.29, 0.717) is 25.3 Å². The van der Waals surface area contributed by atoms with Gasteiger partial charge in [0.1, 0.15) is 13.2 Å². The lowest BCUT2D eigenvalue weighted by atomic mass is 10.0. The van der Waals surface area contributed by atoms with Gasteiger partial charge in [-0.15, -0.1) is 0 Å². The Morgan fingerprint density at radius 3 is 2.85 bits per heavy atom. The zero-order valence-corrected chi connectivity index (χ0v) is 12.4. The first-order chi connectivity index (χ1) is 9.83. The summed E-state index contributed by atoms with van der Waals surface area (Å²) in [6.45, 7) is 7.85. The lowest BCUT2D eigenvalue weighted by Gasteiger charge is -2.42. The standard InChI is InChI=1S/C16H24N2O2/c1-3-12-11-18(13(4-2)10-17-12)14-6-5-7-15-16(14)20-9-8-19-15/h5-7,12-13,17H,3-4,8-11H2,1-2H3. The Balaban J connectivity index is 1.93. The molecule has 2 atom stereocenters. The number of para-hydroxylation sites is 1. The maximum absolute atomic E-state index is 5.88. The minimum Gasteiger partial charge on any atom is -0.486 e. The molecule has 4 nitrogen and oxygen atoms in total. The predicted molar refractivity (Wildman–Crippen MR) is 80.9 cm³/mol. The van der Waals surface area contributed by atoms with Gasteiger partial charge < -0.3 is 19.7 Å². The van der Waals surface area contributed by atoms with Crippen LogP contribution in [0.3, 0.4) is 0 Å². The molecule has 2 heterocycles.